The van der Waals surface area contributed by atoms with Gasteiger partial charge in [-0.15, -0.1) is 0 Å². The number of aromatic nitrogens is 1. The van der Waals surface area contributed by atoms with E-state index in [9.17, 15) is 19.3 Å². The number of nitro benzene ring substituents is 1. The van der Waals surface area contributed by atoms with Crippen molar-refractivity contribution >= 4 is 28.2 Å². The van der Waals surface area contributed by atoms with Crippen LogP contribution in [0.4, 0.5) is 15.8 Å². The lowest BCUT2D eigenvalue weighted by molar-refractivity contribution is -0.383. The molecule has 0 unspecified atom stereocenters. The molecule has 0 fully saturated rings. The number of nitrogens with zero attached hydrogens (tertiary/aromatic N) is 2. The van der Waals surface area contributed by atoms with Gasteiger partial charge in [0.1, 0.15) is 5.52 Å². The first kappa shape index (κ1) is 13.7. The highest BCUT2D eigenvalue weighted by atomic mass is 19.1. The summed E-state index contributed by atoms with van der Waals surface area (Å²) >= 11 is 0. The molecular weight excluding hydrogens is 267 g/mol. The SMILES string of the molecule is NC(=O)CCNc1c(F)cc([N+](=O)[O-])c2cccnc12. The Labute approximate surface area is 112 Å². The van der Waals surface area contributed by atoms with Crippen molar-refractivity contribution in [3.63, 3.8) is 0 Å². The van der Waals surface area contributed by atoms with Crippen LogP contribution in [0.5, 0.6) is 0 Å². The van der Waals surface area contributed by atoms with Crippen LogP contribution in [0.3, 0.4) is 0 Å². The molecule has 1 heterocycles. The van der Waals surface area contributed by atoms with E-state index in [1.165, 1.54) is 18.3 Å². The number of carbonyl (C=O) groups is 1. The smallest absolute Gasteiger partial charge is 0.281 e. The Morgan fingerprint density at radius 1 is 1.55 bits per heavy atom. The van der Waals surface area contributed by atoms with E-state index in [1.54, 1.807) is 0 Å². The molecule has 20 heavy (non-hydrogen) atoms. The maximum absolute atomic E-state index is 13.9. The third-order valence-corrected chi connectivity index (χ3v) is 2.69. The minimum Gasteiger partial charge on any atom is -0.380 e. The lowest BCUT2D eigenvalue weighted by atomic mass is 10.1. The van der Waals surface area contributed by atoms with Crippen molar-refractivity contribution < 1.29 is 14.1 Å². The van der Waals surface area contributed by atoms with Gasteiger partial charge in [0.05, 0.1) is 22.1 Å². The second-order valence-corrected chi connectivity index (χ2v) is 4.05. The molecule has 1 aromatic heterocycles. The van der Waals surface area contributed by atoms with Crippen LogP contribution in [0.2, 0.25) is 0 Å². The van der Waals surface area contributed by atoms with Crippen LogP contribution in [0.1, 0.15) is 6.42 Å². The van der Waals surface area contributed by atoms with Gasteiger partial charge in [0.2, 0.25) is 5.91 Å². The fourth-order valence-corrected chi connectivity index (χ4v) is 1.82. The van der Waals surface area contributed by atoms with E-state index < -0.39 is 16.6 Å². The summed E-state index contributed by atoms with van der Waals surface area (Å²) in [6.07, 6.45) is 1.43. The molecular formula is C12H11FN4O3. The number of nitrogens with two attached hydrogens (primary N) is 1. The highest BCUT2D eigenvalue weighted by Gasteiger charge is 2.19. The molecule has 0 aliphatic heterocycles. The quantitative estimate of drug-likeness (QED) is 0.637. The van der Waals surface area contributed by atoms with Crippen molar-refractivity contribution in [2.75, 3.05) is 11.9 Å². The fraction of sp³-hybridized carbons (Fsp3) is 0.167. The number of rotatable bonds is 5. The van der Waals surface area contributed by atoms with Gasteiger partial charge in [0, 0.05) is 19.2 Å². The predicted octanol–water partition coefficient (Wildman–Crippen LogP) is 1.57. The zero-order valence-corrected chi connectivity index (χ0v) is 10.3. The lowest BCUT2D eigenvalue weighted by Crippen LogP contribution is -2.16. The average molecular weight is 278 g/mol. The number of carbonyl (C=O) groups excluding carboxylic acids is 1. The molecule has 0 spiro atoms. The molecule has 0 radical (unpaired) electrons. The van der Waals surface area contributed by atoms with E-state index >= 15 is 0 Å². The molecule has 8 heteroatoms. The largest absolute Gasteiger partial charge is 0.380 e. The predicted molar refractivity (Wildman–Crippen MR) is 70.7 cm³/mol. The maximum Gasteiger partial charge on any atom is 0.281 e. The topological polar surface area (TPSA) is 111 Å². The van der Waals surface area contributed by atoms with Crippen LogP contribution in [-0.2, 0) is 4.79 Å². The molecule has 1 amide bonds. The molecule has 0 saturated carbocycles. The Balaban J connectivity index is 2.49. The molecule has 2 rings (SSSR count). The maximum atomic E-state index is 13.9. The molecule has 0 aliphatic carbocycles. The number of nitrogens with one attached hydrogen (secondary N) is 1. The molecule has 0 saturated heterocycles. The molecule has 2 aromatic rings. The molecule has 1 aromatic carbocycles. The van der Waals surface area contributed by atoms with Gasteiger partial charge < -0.3 is 11.1 Å². The van der Waals surface area contributed by atoms with Gasteiger partial charge in [-0.2, -0.15) is 0 Å². The summed E-state index contributed by atoms with van der Waals surface area (Å²) in [4.78, 5) is 24.9. The summed E-state index contributed by atoms with van der Waals surface area (Å²) in [7, 11) is 0. The molecule has 0 atom stereocenters. The third-order valence-electron chi connectivity index (χ3n) is 2.69. The number of primary amides is 1. The molecule has 7 nitrogen and oxygen atoms in total. The summed E-state index contributed by atoms with van der Waals surface area (Å²) in [5, 5.41) is 13.8. The minimum atomic E-state index is -0.799. The van der Waals surface area contributed by atoms with E-state index in [0.717, 1.165) is 6.07 Å². The van der Waals surface area contributed by atoms with Gasteiger partial charge in [0.25, 0.3) is 5.69 Å². The molecule has 104 valence electrons. The van der Waals surface area contributed by atoms with Crippen molar-refractivity contribution in [1.82, 2.24) is 4.98 Å². The average Bonchev–Trinajstić information content (AvgIpc) is 2.40. The van der Waals surface area contributed by atoms with Gasteiger partial charge >= 0.3 is 0 Å². The number of hydrogen-bond donors (Lipinski definition) is 2. The van der Waals surface area contributed by atoms with Crippen LogP contribution in [0, 0.1) is 15.9 Å². The van der Waals surface area contributed by atoms with Gasteiger partial charge in [-0.3, -0.25) is 19.9 Å². The fourth-order valence-electron chi connectivity index (χ4n) is 1.82. The first-order chi connectivity index (χ1) is 9.50. The Kier molecular flexibility index (Phi) is 3.74. The molecule has 0 aliphatic rings. The standard InChI is InChI=1S/C12H11FN4O3/c13-8-6-9(17(19)20)7-2-1-4-15-11(7)12(8)16-5-3-10(14)18/h1-2,4,6,16H,3,5H2,(H2,14,18). The minimum absolute atomic E-state index is 0.0186. The summed E-state index contributed by atoms with van der Waals surface area (Å²) in [5.74, 6) is -1.33. The second kappa shape index (κ2) is 5.47. The van der Waals surface area contributed by atoms with Crippen LogP contribution in [-0.4, -0.2) is 22.4 Å². The second-order valence-electron chi connectivity index (χ2n) is 4.05. The van der Waals surface area contributed by atoms with Gasteiger partial charge in [-0.05, 0) is 12.1 Å². The number of fused-ring (bicyclic) bond motifs is 1. The van der Waals surface area contributed by atoms with Gasteiger partial charge in [-0.25, -0.2) is 4.39 Å². The Bertz CT molecular complexity index is 690. The zero-order chi connectivity index (χ0) is 14.7. The van der Waals surface area contributed by atoms with Crippen LogP contribution in [0.15, 0.2) is 24.4 Å². The number of hydrogen-bond acceptors (Lipinski definition) is 5. The Hall–Kier alpha value is -2.77. The summed E-state index contributed by atoms with van der Waals surface area (Å²) in [6.45, 7) is 0.121. The van der Waals surface area contributed by atoms with E-state index in [0.29, 0.717) is 0 Å². The van der Waals surface area contributed by atoms with E-state index in [1.807, 2.05) is 0 Å². The van der Waals surface area contributed by atoms with Crippen LogP contribution >= 0.6 is 0 Å². The van der Waals surface area contributed by atoms with Crippen molar-refractivity contribution in [3.05, 3.63) is 40.3 Å². The number of anilines is 1. The van der Waals surface area contributed by atoms with Gasteiger partial charge in [0.15, 0.2) is 5.82 Å². The van der Waals surface area contributed by atoms with Crippen molar-refractivity contribution in [2.45, 2.75) is 6.42 Å². The highest BCUT2D eigenvalue weighted by molar-refractivity contribution is 5.97. The Morgan fingerprint density at radius 2 is 2.30 bits per heavy atom. The lowest BCUT2D eigenvalue weighted by Gasteiger charge is -2.09. The summed E-state index contributed by atoms with van der Waals surface area (Å²) in [6, 6.07) is 3.84. The van der Waals surface area contributed by atoms with E-state index in [4.69, 9.17) is 5.73 Å². The molecule has 3 N–H and O–H groups in total. The summed E-state index contributed by atoms with van der Waals surface area (Å²) < 4.78 is 13.9. The first-order valence-corrected chi connectivity index (χ1v) is 5.74. The molecule has 0 bridgehead atoms. The number of halogens is 1. The van der Waals surface area contributed by atoms with Crippen molar-refractivity contribution in [3.8, 4) is 0 Å². The van der Waals surface area contributed by atoms with Crippen molar-refractivity contribution in [1.29, 1.82) is 0 Å². The number of amides is 1. The normalized spacial score (nSPS) is 10.4. The van der Waals surface area contributed by atoms with E-state index in [-0.39, 0.29) is 35.2 Å². The Morgan fingerprint density at radius 3 is 2.95 bits per heavy atom. The number of nitro groups is 1. The number of non-ortho nitro benzene ring substituents is 1. The first-order valence-electron chi connectivity index (χ1n) is 5.74. The van der Waals surface area contributed by atoms with E-state index in [2.05, 4.69) is 10.3 Å². The number of pyridine rings is 1. The monoisotopic (exact) mass is 278 g/mol. The zero-order valence-electron chi connectivity index (χ0n) is 10.3. The van der Waals surface area contributed by atoms with Crippen molar-refractivity contribution in [2.24, 2.45) is 5.73 Å². The van der Waals surface area contributed by atoms with Crippen LogP contribution < -0.4 is 11.1 Å². The third kappa shape index (κ3) is 2.63. The number of benzene rings is 1. The summed E-state index contributed by atoms with van der Waals surface area (Å²) in [5.41, 5.74) is 4.80. The van der Waals surface area contributed by atoms with Gasteiger partial charge in [-0.1, -0.05) is 0 Å². The van der Waals surface area contributed by atoms with Crippen LogP contribution in [0.25, 0.3) is 10.9 Å². The highest BCUT2D eigenvalue weighted by Crippen LogP contribution is 2.32.